The van der Waals surface area contributed by atoms with Crippen molar-refractivity contribution in [2.24, 2.45) is 0 Å². The second-order valence-electron chi connectivity index (χ2n) is 7.09. The van der Waals surface area contributed by atoms with Gasteiger partial charge in [0.1, 0.15) is 0 Å². The largest absolute Gasteiger partial charge is 0.466 e. The van der Waals surface area contributed by atoms with E-state index in [-0.39, 0.29) is 18.4 Å². The van der Waals surface area contributed by atoms with Crippen LogP contribution in [0.4, 0.5) is 11.4 Å². The Morgan fingerprint density at radius 1 is 1.17 bits per heavy atom. The highest BCUT2D eigenvalue weighted by Crippen LogP contribution is 2.37. The number of carbonyl (C=O) groups excluding carboxylic acids is 1. The molecule has 156 valence electrons. The third-order valence-electron chi connectivity index (χ3n) is 5.08. The van der Waals surface area contributed by atoms with Crippen LogP contribution >= 0.6 is 24.0 Å². The second-order valence-corrected chi connectivity index (χ2v) is 7.53. The van der Waals surface area contributed by atoms with E-state index in [1.165, 1.54) is 35.7 Å². The van der Waals surface area contributed by atoms with Crippen molar-refractivity contribution in [1.82, 2.24) is 4.90 Å². The van der Waals surface area contributed by atoms with Crippen molar-refractivity contribution in [1.29, 1.82) is 0 Å². The molecule has 0 unspecified atom stereocenters. The number of carbonyl (C=O) groups is 1. The van der Waals surface area contributed by atoms with E-state index in [4.69, 9.17) is 11.6 Å². The molecule has 4 nitrogen and oxygen atoms in total. The predicted molar refractivity (Wildman–Crippen MR) is 123 cm³/mol. The topological polar surface area (TPSA) is 32.8 Å². The Bertz CT molecular complexity index is 855. The lowest BCUT2D eigenvalue weighted by molar-refractivity contribution is -0.134. The van der Waals surface area contributed by atoms with Crippen LogP contribution in [0.1, 0.15) is 17.5 Å². The lowest BCUT2D eigenvalue weighted by Gasteiger charge is -2.28. The number of halogens is 2. The first kappa shape index (κ1) is 23.3. The van der Waals surface area contributed by atoms with Crippen molar-refractivity contribution < 1.29 is 9.53 Å². The Balaban J connectivity index is 0.00000300. The van der Waals surface area contributed by atoms with Crippen LogP contribution in [0.2, 0.25) is 5.02 Å². The molecule has 0 amide bonds. The molecule has 29 heavy (non-hydrogen) atoms. The summed E-state index contributed by atoms with van der Waals surface area (Å²) in [5.74, 6) is -0.317. The Labute approximate surface area is 184 Å². The summed E-state index contributed by atoms with van der Waals surface area (Å²) in [5.41, 5.74) is 5.21. The standard InChI is InChI=1S/C23H27ClN2O2.ClH/c1-25(14-5-9-23(27)28-2)15-6-16-26-21-8-4-3-7-18(21)10-11-19-12-13-20(24)17-22(19)26;/h3-5,7-9,12-13,17H,6,10-11,14-16H2,1-2H3;1H/b9-5+;. The van der Waals surface area contributed by atoms with Crippen molar-refractivity contribution >= 4 is 41.4 Å². The molecule has 0 N–H and O–H groups in total. The van der Waals surface area contributed by atoms with Gasteiger partial charge >= 0.3 is 5.97 Å². The molecule has 0 radical (unpaired) electrons. The van der Waals surface area contributed by atoms with Gasteiger partial charge in [0, 0.05) is 35.6 Å². The molecule has 6 heteroatoms. The van der Waals surface area contributed by atoms with Gasteiger partial charge in [-0.25, -0.2) is 4.79 Å². The number of likely N-dealkylation sites (N-methyl/N-ethyl adjacent to an activating group) is 1. The van der Waals surface area contributed by atoms with Crippen LogP contribution in [0, 0.1) is 0 Å². The molecule has 0 spiro atoms. The number of para-hydroxylation sites is 1. The molecule has 0 fully saturated rings. The maximum absolute atomic E-state index is 11.2. The van der Waals surface area contributed by atoms with E-state index in [1.807, 2.05) is 12.1 Å². The first-order chi connectivity index (χ1) is 13.6. The highest BCUT2D eigenvalue weighted by atomic mass is 35.5. The van der Waals surface area contributed by atoms with E-state index in [9.17, 15) is 4.79 Å². The minimum Gasteiger partial charge on any atom is -0.466 e. The van der Waals surface area contributed by atoms with Crippen LogP contribution in [0.25, 0.3) is 0 Å². The van der Waals surface area contributed by atoms with Gasteiger partial charge in [0.05, 0.1) is 7.11 Å². The Hall–Kier alpha value is -2.01. The van der Waals surface area contributed by atoms with Crippen molar-refractivity contribution in [3.8, 4) is 0 Å². The highest BCUT2D eigenvalue weighted by Gasteiger charge is 2.20. The molecule has 1 aliphatic rings. The van der Waals surface area contributed by atoms with Crippen molar-refractivity contribution in [3.05, 3.63) is 70.8 Å². The minimum atomic E-state index is -0.317. The number of benzene rings is 2. The monoisotopic (exact) mass is 434 g/mol. The number of aryl methyl sites for hydroxylation is 2. The van der Waals surface area contributed by atoms with Gasteiger partial charge in [-0.05, 0) is 62.2 Å². The number of hydrogen-bond donors (Lipinski definition) is 0. The highest BCUT2D eigenvalue weighted by molar-refractivity contribution is 6.30. The summed E-state index contributed by atoms with van der Waals surface area (Å²) in [6.45, 7) is 2.56. The number of esters is 1. The normalized spacial score (nSPS) is 12.9. The van der Waals surface area contributed by atoms with Crippen LogP contribution in [0.5, 0.6) is 0 Å². The third-order valence-corrected chi connectivity index (χ3v) is 5.31. The number of methoxy groups -OCH3 is 1. The fourth-order valence-electron chi connectivity index (χ4n) is 3.61. The number of fused-ring (bicyclic) bond motifs is 2. The van der Waals surface area contributed by atoms with Gasteiger partial charge in [0.15, 0.2) is 0 Å². The number of ether oxygens (including phenoxy) is 1. The molecule has 0 saturated carbocycles. The van der Waals surface area contributed by atoms with E-state index in [1.54, 1.807) is 0 Å². The molecule has 3 rings (SSSR count). The smallest absolute Gasteiger partial charge is 0.330 e. The predicted octanol–water partition coefficient (Wildman–Crippen LogP) is 5.05. The van der Waals surface area contributed by atoms with E-state index >= 15 is 0 Å². The fourth-order valence-corrected chi connectivity index (χ4v) is 3.78. The molecule has 0 atom stereocenters. The Morgan fingerprint density at radius 3 is 2.66 bits per heavy atom. The van der Waals surface area contributed by atoms with Gasteiger partial charge in [0.2, 0.25) is 0 Å². The van der Waals surface area contributed by atoms with Gasteiger partial charge < -0.3 is 14.5 Å². The Morgan fingerprint density at radius 2 is 1.90 bits per heavy atom. The van der Waals surface area contributed by atoms with Crippen LogP contribution in [-0.2, 0) is 22.4 Å². The summed E-state index contributed by atoms with van der Waals surface area (Å²) in [6.07, 6.45) is 6.38. The van der Waals surface area contributed by atoms with Gasteiger partial charge in [-0.3, -0.25) is 0 Å². The molecule has 1 aliphatic heterocycles. The first-order valence-corrected chi connectivity index (χ1v) is 10.0. The summed E-state index contributed by atoms with van der Waals surface area (Å²) in [7, 11) is 3.45. The van der Waals surface area contributed by atoms with Gasteiger partial charge in [0.25, 0.3) is 0 Å². The van der Waals surface area contributed by atoms with Gasteiger partial charge in [-0.2, -0.15) is 0 Å². The summed E-state index contributed by atoms with van der Waals surface area (Å²) in [5, 5.41) is 0.771. The summed E-state index contributed by atoms with van der Waals surface area (Å²) >= 11 is 6.32. The van der Waals surface area contributed by atoms with E-state index in [0.29, 0.717) is 6.54 Å². The zero-order valence-electron chi connectivity index (χ0n) is 16.9. The molecule has 2 aromatic carbocycles. The van der Waals surface area contributed by atoms with Crippen LogP contribution in [-0.4, -0.2) is 44.7 Å². The summed E-state index contributed by atoms with van der Waals surface area (Å²) < 4.78 is 4.62. The lowest BCUT2D eigenvalue weighted by Crippen LogP contribution is -2.26. The molecule has 0 bridgehead atoms. The van der Waals surface area contributed by atoms with Crippen molar-refractivity contribution in [3.63, 3.8) is 0 Å². The van der Waals surface area contributed by atoms with Crippen molar-refractivity contribution in [2.75, 3.05) is 38.7 Å². The van der Waals surface area contributed by atoms with Crippen molar-refractivity contribution in [2.45, 2.75) is 19.3 Å². The number of nitrogens with zero attached hydrogens (tertiary/aromatic N) is 2. The molecule has 0 aromatic heterocycles. The fraction of sp³-hybridized carbons (Fsp3) is 0.348. The SMILES string of the molecule is COC(=O)/C=C/CN(C)CCCN1c2ccccc2CCc2ccc(Cl)cc21.Cl. The second kappa shape index (κ2) is 11.2. The van der Waals surface area contributed by atoms with Crippen LogP contribution in [0.3, 0.4) is 0 Å². The molecule has 0 saturated heterocycles. The van der Waals surface area contributed by atoms with Gasteiger partial charge in [-0.15, -0.1) is 12.4 Å². The van der Waals surface area contributed by atoms with Crippen LogP contribution in [0.15, 0.2) is 54.6 Å². The maximum atomic E-state index is 11.2. The maximum Gasteiger partial charge on any atom is 0.330 e. The molecule has 1 heterocycles. The number of hydrogen-bond acceptors (Lipinski definition) is 4. The average Bonchev–Trinajstić information content (AvgIpc) is 2.85. The van der Waals surface area contributed by atoms with E-state index in [2.05, 4.69) is 58.0 Å². The van der Waals surface area contributed by atoms with Gasteiger partial charge in [-0.1, -0.05) is 41.9 Å². The average molecular weight is 435 g/mol. The molecule has 2 aromatic rings. The molecular formula is C23H28Cl2N2O2. The quantitative estimate of drug-likeness (QED) is 0.450. The minimum absolute atomic E-state index is 0. The number of rotatable bonds is 7. The molecular weight excluding hydrogens is 407 g/mol. The zero-order chi connectivity index (χ0) is 19.9. The molecule has 0 aliphatic carbocycles. The lowest BCUT2D eigenvalue weighted by atomic mass is 10.0. The third kappa shape index (κ3) is 6.23. The number of anilines is 2. The zero-order valence-corrected chi connectivity index (χ0v) is 18.5. The summed E-state index contributed by atoms with van der Waals surface area (Å²) in [4.78, 5) is 15.8. The van der Waals surface area contributed by atoms with E-state index < -0.39 is 0 Å². The summed E-state index contributed by atoms with van der Waals surface area (Å²) in [6, 6.07) is 14.9. The first-order valence-electron chi connectivity index (χ1n) is 9.65. The van der Waals surface area contributed by atoms with Crippen LogP contribution < -0.4 is 4.90 Å². The Kier molecular flexibility index (Phi) is 9.02. The van der Waals surface area contributed by atoms with E-state index in [0.717, 1.165) is 37.4 Å².